The Kier molecular flexibility index (Phi) is 7.78. The maximum Gasteiger partial charge on any atom is 0.336 e. The zero-order valence-corrected chi connectivity index (χ0v) is 18.3. The Balaban J connectivity index is 1.52. The van der Waals surface area contributed by atoms with E-state index in [-0.39, 0.29) is 0 Å². The van der Waals surface area contributed by atoms with E-state index in [9.17, 15) is 9.59 Å². The molecule has 0 unspecified atom stereocenters. The summed E-state index contributed by atoms with van der Waals surface area (Å²) >= 11 is 6.08. The van der Waals surface area contributed by atoms with Crippen molar-refractivity contribution in [2.24, 2.45) is 5.10 Å². The van der Waals surface area contributed by atoms with Gasteiger partial charge in [0.1, 0.15) is 11.5 Å². The lowest BCUT2D eigenvalue weighted by atomic mass is 10.1. The molecule has 32 heavy (non-hydrogen) atoms. The molecule has 0 radical (unpaired) electrons. The van der Waals surface area contributed by atoms with Gasteiger partial charge >= 0.3 is 5.97 Å². The minimum atomic E-state index is -0.496. The summed E-state index contributed by atoms with van der Waals surface area (Å²) < 4.78 is 10.4. The number of hydrogen-bond acceptors (Lipinski definition) is 5. The van der Waals surface area contributed by atoms with Gasteiger partial charge in [-0.25, -0.2) is 10.2 Å². The summed E-state index contributed by atoms with van der Waals surface area (Å²) in [6.07, 6.45) is 4.49. The van der Waals surface area contributed by atoms with Crippen LogP contribution in [0.25, 0.3) is 6.08 Å². The van der Waals surface area contributed by atoms with E-state index in [0.29, 0.717) is 21.9 Å². The van der Waals surface area contributed by atoms with Gasteiger partial charge in [0.15, 0.2) is 0 Å². The highest BCUT2D eigenvalue weighted by atomic mass is 35.5. The number of hydrazone groups is 1. The van der Waals surface area contributed by atoms with Gasteiger partial charge in [-0.3, -0.25) is 4.79 Å². The van der Waals surface area contributed by atoms with E-state index >= 15 is 0 Å². The van der Waals surface area contributed by atoms with Crippen molar-refractivity contribution in [2.75, 3.05) is 7.11 Å². The molecule has 0 aliphatic heterocycles. The monoisotopic (exact) mass is 448 g/mol. The maximum atomic E-state index is 12.2. The number of aryl methyl sites for hydroxylation is 1. The zero-order chi connectivity index (χ0) is 22.9. The summed E-state index contributed by atoms with van der Waals surface area (Å²) in [6.45, 7) is 1.89. The SMILES string of the molecule is COc1ccc(/C=C/C(=O)Oc2ccc(/C=N/NC(=O)c3ccc(C)cc3Cl)cc2)cc1. The summed E-state index contributed by atoms with van der Waals surface area (Å²) in [5, 5.41) is 4.30. The summed E-state index contributed by atoms with van der Waals surface area (Å²) in [5.74, 6) is 0.235. The molecular formula is C25H21ClN2O4. The number of esters is 1. The average molecular weight is 449 g/mol. The molecule has 0 saturated heterocycles. The van der Waals surface area contributed by atoms with Crippen LogP contribution in [0, 0.1) is 6.92 Å². The van der Waals surface area contributed by atoms with Crippen LogP contribution in [-0.4, -0.2) is 25.2 Å². The molecule has 0 bridgehead atoms. The smallest absolute Gasteiger partial charge is 0.336 e. The maximum absolute atomic E-state index is 12.2. The molecule has 0 aliphatic rings. The molecule has 7 heteroatoms. The first-order valence-electron chi connectivity index (χ1n) is 9.68. The van der Waals surface area contributed by atoms with Crippen molar-refractivity contribution in [1.82, 2.24) is 5.43 Å². The van der Waals surface area contributed by atoms with Crippen molar-refractivity contribution in [3.05, 3.63) is 100 Å². The standard InChI is InChI=1S/C25H21ClN2O4/c1-17-3-13-22(23(26)15-17)25(30)28-27-16-19-6-11-21(12-7-19)32-24(29)14-8-18-4-9-20(31-2)10-5-18/h3-16H,1-2H3,(H,28,30)/b14-8+,27-16+. The Morgan fingerprint density at radius 2 is 1.59 bits per heavy atom. The third-order valence-corrected chi connectivity index (χ3v) is 4.69. The van der Waals surface area contributed by atoms with Crippen LogP contribution in [0.15, 0.2) is 77.9 Å². The summed E-state index contributed by atoms with van der Waals surface area (Å²) in [6, 6.07) is 19.2. The lowest BCUT2D eigenvalue weighted by Gasteiger charge is -2.04. The Bertz CT molecular complexity index is 1150. The third-order valence-electron chi connectivity index (χ3n) is 4.38. The van der Waals surface area contributed by atoms with Crippen molar-refractivity contribution in [2.45, 2.75) is 6.92 Å². The van der Waals surface area contributed by atoms with Crippen molar-refractivity contribution in [3.8, 4) is 11.5 Å². The number of nitrogens with one attached hydrogen (secondary N) is 1. The van der Waals surface area contributed by atoms with E-state index in [1.165, 1.54) is 12.3 Å². The molecule has 0 aromatic heterocycles. The topological polar surface area (TPSA) is 77.0 Å². The van der Waals surface area contributed by atoms with Gasteiger partial charge < -0.3 is 9.47 Å². The van der Waals surface area contributed by atoms with Gasteiger partial charge in [0.2, 0.25) is 0 Å². The molecule has 0 fully saturated rings. The van der Waals surface area contributed by atoms with E-state index < -0.39 is 11.9 Å². The van der Waals surface area contributed by atoms with Gasteiger partial charge in [0.05, 0.1) is 23.9 Å². The first kappa shape index (κ1) is 22.8. The highest BCUT2D eigenvalue weighted by molar-refractivity contribution is 6.33. The Hall–Kier alpha value is -3.90. The average Bonchev–Trinajstić information content (AvgIpc) is 2.79. The quantitative estimate of drug-likeness (QED) is 0.180. The van der Waals surface area contributed by atoms with Crippen molar-refractivity contribution >= 4 is 35.8 Å². The molecule has 0 saturated carbocycles. The number of carbonyl (C=O) groups is 2. The molecule has 3 aromatic carbocycles. The lowest BCUT2D eigenvalue weighted by Crippen LogP contribution is -2.18. The van der Waals surface area contributed by atoms with Crippen LogP contribution in [0.5, 0.6) is 11.5 Å². The van der Waals surface area contributed by atoms with Gasteiger partial charge in [-0.1, -0.05) is 29.8 Å². The number of ether oxygens (including phenoxy) is 2. The van der Waals surface area contributed by atoms with Crippen molar-refractivity contribution in [1.29, 1.82) is 0 Å². The minimum Gasteiger partial charge on any atom is -0.497 e. The molecule has 0 atom stereocenters. The second-order valence-electron chi connectivity index (χ2n) is 6.78. The first-order chi connectivity index (χ1) is 15.4. The van der Waals surface area contributed by atoms with Crippen LogP contribution in [0.1, 0.15) is 27.0 Å². The number of rotatable bonds is 7. The predicted molar refractivity (Wildman–Crippen MR) is 125 cm³/mol. The summed E-state index contributed by atoms with van der Waals surface area (Å²) in [7, 11) is 1.59. The normalized spacial score (nSPS) is 11.0. The van der Waals surface area contributed by atoms with Crippen LogP contribution in [-0.2, 0) is 4.79 Å². The second-order valence-corrected chi connectivity index (χ2v) is 7.19. The number of benzene rings is 3. The second kappa shape index (κ2) is 10.9. The first-order valence-corrected chi connectivity index (χ1v) is 10.1. The van der Waals surface area contributed by atoms with E-state index in [4.69, 9.17) is 21.1 Å². The molecule has 3 rings (SSSR count). The highest BCUT2D eigenvalue weighted by Crippen LogP contribution is 2.17. The molecule has 3 aromatic rings. The lowest BCUT2D eigenvalue weighted by molar-refractivity contribution is -0.128. The predicted octanol–water partition coefficient (Wildman–Crippen LogP) is 5.04. The zero-order valence-electron chi connectivity index (χ0n) is 17.5. The number of amides is 1. The van der Waals surface area contributed by atoms with Crippen LogP contribution in [0.4, 0.5) is 0 Å². The third kappa shape index (κ3) is 6.55. The van der Waals surface area contributed by atoms with Crippen LogP contribution in [0.3, 0.4) is 0 Å². The molecule has 1 amide bonds. The fraction of sp³-hybridized carbons (Fsp3) is 0.0800. The van der Waals surface area contributed by atoms with E-state index in [1.807, 2.05) is 31.2 Å². The van der Waals surface area contributed by atoms with Crippen LogP contribution in [0.2, 0.25) is 5.02 Å². The van der Waals surface area contributed by atoms with Gasteiger partial charge in [-0.05, 0) is 78.2 Å². The van der Waals surface area contributed by atoms with Gasteiger partial charge in [-0.2, -0.15) is 5.10 Å². The number of nitrogens with zero attached hydrogens (tertiary/aromatic N) is 1. The van der Waals surface area contributed by atoms with Crippen LogP contribution < -0.4 is 14.9 Å². The molecule has 1 N–H and O–H groups in total. The molecule has 162 valence electrons. The molecular weight excluding hydrogens is 428 g/mol. The van der Waals surface area contributed by atoms with Crippen LogP contribution >= 0.6 is 11.6 Å². The largest absolute Gasteiger partial charge is 0.497 e. The summed E-state index contributed by atoms with van der Waals surface area (Å²) in [4.78, 5) is 24.2. The summed E-state index contributed by atoms with van der Waals surface area (Å²) in [5.41, 5.74) is 5.32. The van der Waals surface area contributed by atoms with Crippen molar-refractivity contribution in [3.63, 3.8) is 0 Å². The Labute approximate surface area is 191 Å². The van der Waals surface area contributed by atoms with Gasteiger partial charge in [-0.15, -0.1) is 0 Å². The Morgan fingerprint density at radius 3 is 2.25 bits per heavy atom. The number of halogens is 1. The molecule has 0 aliphatic carbocycles. The number of hydrogen-bond donors (Lipinski definition) is 1. The van der Waals surface area contributed by atoms with E-state index in [0.717, 1.165) is 16.9 Å². The molecule has 0 spiro atoms. The van der Waals surface area contributed by atoms with E-state index in [2.05, 4.69) is 10.5 Å². The fourth-order valence-corrected chi connectivity index (χ4v) is 3.00. The van der Waals surface area contributed by atoms with E-state index in [1.54, 1.807) is 55.7 Å². The molecule has 6 nitrogen and oxygen atoms in total. The van der Waals surface area contributed by atoms with Crippen molar-refractivity contribution < 1.29 is 19.1 Å². The number of methoxy groups -OCH3 is 1. The number of carbonyl (C=O) groups excluding carboxylic acids is 2. The fourth-order valence-electron chi connectivity index (χ4n) is 2.68. The van der Waals surface area contributed by atoms with Gasteiger partial charge in [0, 0.05) is 6.08 Å². The molecule has 0 heterocycles. The van der Waals surface area contributed by atoms with Gasteiger partial charge in [0.25, 0.3) is 5.91 Å². The Morgan fingerprint density at radius 1 is 0.938 bits per heavy atom. The highest BCUT2D eigenvalue weighted by Gasteiger charge is 2.09. The minimum absolute atomic E-state index is 0.347.